The lowest BCUT2D eigenvalue weighted by atomic mass is 9.71. The lowest BCUT2D eigenvalue weighted by molar-refractivity contribution is -0.150. The number of thioether (sulfide) groups is 1. The number of benzene rings is 2. The van der Waals surface area contributed by atoms with E-state index in [1.54, 1.807) is 6.08 Å². The minimum atomic E-state index is -0.907. The molecule has 0 spiro atoms. The molecule has 0 saturated carbocycles. The molecule has 0 aliphatic carbocycles. The molecule has 7 rings (SSSR count). The van der Waals surface area contributed by atoms with Crippen LogP contribution in [0.1, 0.15) is 57.6 Å². The van der Waals surface area contributed by atoms with Gasteiger partial charge < -0.3 is 34.5 Å². The van der Waals surface area contributed by atoms with Crippen LogP contribution in [0.15, 0.2) is 18.7 Å². The van der Waals surface area contributed by atoms with Gasteiger partial charge in [-0.15, -0.1) is 18.3 Å². The van der Waals surface area contributed by atoms with Gasteiger partial charge in [0.25, 0.3) is 0 Å². The Hall–Kier alpha value is -3.96. The molecule has 5 aliphatic heterocycles. The molecule has 4 bridgehead atoms. The number of aryl methyl sites for hydroxylation is 1. The summed E-state index contributed by atoms with van der Waals surface area (Å²) in [6.45, 7) is 9.38. The fourth-order valence-corrected chi connectivity index (χ4v) is 9.67. The zero-order valence-corrected chi connectivity index (χ0v) is 26.9. The number of nitriles is 1. The Morgan fingerprint density at radius 1 is 1.24 bits per heavy atom. The monoisotopic (exact) mass is 648 g/mol. The number of cyclic esters (lactones) is 1. The molecule has 5 heterocycles. The summed E-state index contributed by atoms with van der Waals surface area (Å²) < 4.78 is 29.6. The normalized spacial score (nSPS) is 29.5. The Kier molecular flexibility index (Phi) is 7.59. The van der Waals surface area contributed by atoms with Crippen molar-refractivity contribution in [2.24, 2.45) is 5.73 Å². The number of nitrogens with two attached hydrogens (primary N) is 1. The number of phenols is 1. The number of carbonyl (C=O) groups excluding carboxylic acids is 2. The van der Waals surface area contributed by atoms with Crippen molar-refractivity contribution in [3.05, 3.63) is 52.1 Å². The molecule has 2 aromatic rings. The van der Waals surface area contributed by atoms with Crippen molar-refractivity contribution in [2.45, 2.75) is 68.7 Å². The Balaban J connectivity index is 1.58. The summed E-state index contributed by atoms with van der Waals surface area (Å²) in [5.74, 6) is 0.861. The topological polar surface area (TPSA) is 157 Å². The number of methoxy groups -OCH3 is 1. The molecule has 2 aromatic carbocycles. The smallest absolute Gasteiger partial charge is 0.323 e. The van der Waals surface area contributed by atoms with Crippen LogP contribution in [0.4, 0.5) is 0 Å². The second-order valence-corrected chi connectivity index (χ2v) is 13.5. The minimum absolute atomic E-state index is 0.0365. The van der Waals surface area contributed by atoms with Gasteiger partial charge in [0.15, 0.2) is 23.0 Å². The van der Waals surface area contributed by atoms with Gasteiger partial charge >= 0.3 is 11.9 Å². The van der Waals surface area contributed by atoms with E-state index in [2.05, 4.69) is 22.4 Å². The van der Waals surface area contributed by atoms with E-state index in [4.69, 9.17) is 29.4 Å². The van der Waals surface area contributed by atoms with Crippen LogP contribution >= 0.6 is 11.8 Å². The van der Waals surface area contributed by atoms with E-state index in [1.165, 1.54) is 25.8 Å². The van der Waals surface area contributed by atoms with Crippen LogP contribution in [-0.4, -0.2) is 83.8 Å². The molecule has 5 aliphatic rings. The minimum Gasteiger partial charge on any atom is -0.504 e. The van der Waals surface area contributed by atoms with Crippen LogP contribution in [0.5, 0.6) is 28.7 Å². The predicted molar refractivity (Wildman–Crippen MR) is 167 cm³/mol. The molecule has 0 radical (unpaired) electrons. The van der Waals surface area contributed by atoms with Crippen molar-refractivity contribution >= 4 is 23.7 Å². The van der Waals surface area contributed by atoms with E-state index in [0.717, 1.165) is 11.1 Å². The summed E-state index contributed by atoms with van der Waals surface area (Å²) >= 11 is 1.43. The molecule has 0 aromatic heterocycles. The summed E-state index contributed by atoms with van der Waals surface area (Å²) in [5.41, 5.74) is 10.8. The second kappa shape index (κ2) is 11.4. The number of hydrogen-bond donors (Lipinski definition) is 2. The van der Waals surface area contributed by atoms with Crippen molar-refractivity contribution < 1.29 is 38.4 Å². The number of aromatic hydroxyl groups is 1. The molecule has 13 heteroatoms. The number of carbonyl (C=O) groups is 2. The first-order valence-corrected chi connectivity index (χ1v) is 16.3. The van der Waals surface area contributed by atoms with Crippen LogP contribution in [0, 0.1) is 25.2 Å². The maximum atomic E-state index is 13.0. The first-order valence-electron chi connectivity index (χ1n) is 15.2. The van der Waals surface area contributed by atoms with Crippen molar-refractivity contribution in [2.75, 3.05) is 32.8 Å². The molecule has 242 valence electrons. The zero-order chi connectivity index (χ0) is 32.6. The fourth-order valence-electron chi connectivity index (χ4n) is 8.23. The summed E-state index contributed by atoms with van der Waals surface area (Å²) in [6, 6.07) is 1.15. The lowest BCUT2D eigenvalue weighted by Gasteiger charge is -2.62. The molecule has 7 atom stereocenters. The van der Waals surface area contributed by atoms with Gasteiger partial charge in [-0.2, -0.15) is 5.26 Å². The van der Waals surface area contributed by atoms with E-state index in [0.29, 0.717) is 58.2 Å². The van der Waals surface area contributed by atoms with Gasteiger partial charge in [0.1, 0.15) is 24.4 Å². The summed E-state index contributed by atoms with van der Waals surface area (Å²) in [6.07, 6.45) is 2.30. The van der Waals surface area contributed by atoms with Crippen molar-refractivity contribution in [1.82, 2.24) is 9.80 Å². The van der Waals surface area contributed by atoms with Crippen LogP contribution in [0.3, 0.4) is 0 Å². The summed E-state index contributed by atoms with van der Waals surface area (Å²) in [7, 11) is 1.53. The lowest BCUT2D eigenvalue weighted by Crippen LogP contribution is -2.70. The van der Waals surface area contributed by atoms with Crippen LogP contribution in [0.25, 0.3) is 0 Å². The average molecular weight is 649 g/mol. The SMILES string of the molecule is C=CCN1C2c3c(cc(C)c(OC)c3O)CC1[C@H](C#N)N1[C@H]2[C@@H]2SCC(N)C(=O)OC[C@H]1c1c3c(c(C)c(OC(C)=O)c12)OCO3. The van der Waals surface area contributed by atoms with E-state index < -0.39 is 47.4 Å². The number of nitrogens with zero attached hydrogens (tertiary/aromatic N) is 3. The van der Waals surface area contributed by atoms with Gasteiger partial charge in [0.2, 0.25) is 6.79 Å². The average Bonchev–Trinajstić information content (AvgIpc) is 3.51. The third-order valence-corrected chi connectivity index (χ3v) is 11.3. The molecule has 0 amide bonds. The maximum absolute atomic E-state index is 13.0. The molecule has 3 N–H and O–H groups in total. The van der Waals surface area contributed by atoms with Gasteiger partial charge in [0.05, 0.1) is 30.5 Å². The van der Waals surface area contributed by atoms with Gasteiger partial charge in [-0.3, -0.25) is 19.4 Å². The van der Waals surface area contributed by atoms with Gasteiger partial charge in [-0.1, -0.05) is 12.1 Å². The number of fused-ring (bicyclic) bond motifs is 9. The van der Waals surface area contributed by atoms with Crippen LogP contribution in [0.2, 0.25) is 0 Å². The van der Waals surface area contributed by atoms with Crippen molar-refractivity contribution in [3.63, 3.8) is 0 Å². The number of hydrogen-bond acceptors (Lipinski definition) is 13. The quantitative estimate of drug-likeness (QED) is 0.284. The number of esters is 2. The van der Waals surface area contributed by atoms with Crippen LogP contribution in [-0.2, 0) is 20.7 Å². The van der Waals surface area contributed by atoms with E-state index in [9.17, 15) is 20.0 Å². The summed E-state index contributed by atoms with van der Waals surface area (Å²) in [5, 5.41) is 22.3. The number of ether oxygens (including phenoxy) is 5. The Morgan fingerprint density at radius 3 is 2.70 bits per heavy atom. The molecular formula is C33H36N4O8S. The van der Waals surface area contributed by atoms with Crippen molar-refractivity contribution in [1.29, 1.82) is 5.26 Å². The second-order valence-electron chi connectivity index (χ2n) is 12.3. The fraction of sp³-hybridized carbons (Fsp3) is 0.485. The summed E-state index contributed by atoms with van der Waals surface area (Å²) in [4.78, 5) is 30.0. The number of phenolic OH excluding ortho intramolecular Hbond substituents is 1. The standard InChI is InChI=1S/C33H36N4O8S/c1-6-7-36-19-9-17-8-14(2)28(41-5)27(39)22(17)25(36)26-32-24-23(31-30(43-13-44-31)15(3)29(24)45-16(4)38)21(37(26)20(19)10-34)11-42-33(40)18(35)12-46-32/h6,8,18-21,25-26,32,39H,1,7,9,11-13,35H2,2-5H3/t18?,19?,20-,21-,25?,26+,32+/m0/s1. The molecule has 2 fully saturated rings. The maximum Gasteiger partial charge on any atom is 0.323 e. The van der Waals surface area contributed by atoms with Gasteiger partial charge in [-0.25, -0.2) is 0 Å². The third kappa shape index (κ3) is 4.31. The third-order valence-electron chi connectivity index (χ3n) is 9.85. The highest BCUT2D eigenvalue weighted by atomic mass is 32.2. The van der Waals surface area contributed by atoms with E-state index in [1.807, 2.05) is 19.9 Å². The van der Waals surface area contributed by atoms with Crippen molar-refractivity contribution in [3.8, 4) is 34.8 Å². The predicted octanol–water partition coefficient (Wildman–Crippen LogP) is 3.12. The molecule has 46 heavy (non-hydrogen) atoms. The molecule has 2 saturated heterocycles. The first kappa shape index (κ1) is 30.7. The first-order chi connectivity index (χ1) is 22.1. The number of piperazine rings is 1. The van der Waals surface area contributed by atoms with E-state index in [-0.39, 0.29) is 30.9 Å². The Morgan fingerprint density at radius 2 is 2.00 bits per heavy atom. The van der Waals surface area contributed by atoms with Crippen LogP contribution < -0.4 is 24.7 Å². The highest BCUT2D eigenvalue weighted by Crippen LogP contribution is 2.64. The highest BCUT2D eigenvalue weighted by Gasteiger charge is 2.61. The largest absolute Gasteiger partial charge is 0.504 e. The Labute approximate surface area is 270 Å². The number of rotatable bonds is 4. The molecular weight excluding hydrogens is 612 g/mol. The van der Waals surface area contributed by atoms with Gasteiger partial charge in [-0.05, 0) is 31.4 Å². The highest BCUT2D eigenvalue weighted by molar-refractivity contribution is 7.99. The zero-order valence-electron chi connectivity index (χ0n) is 26.1. The molecule has 12 nitrogen and oxygen atoms in total. The van der Waals surface area contributed by atoms with Gasteiger partial charge in [0, 0.05) is 53.6 Å². The molecule has 3 unspecified atom stereocenters. The Bertz CT molecular complexity index is 1710. The van der Waals surface area contributed by atoms with E-state index >= 15 is 0 Å².